The third-order valence-corrected chi connectivity index (χ3v) is 6.29. The number of hydrogen-bond acceptors (Lipinski definition) is 7. The van der Waals surface area contributed by atoms with Crippen molar-refractivity contribution in [2.24, 2.45) is 0 Å². The molecule has 0 radical (unpaired) electrons. The number of ether oxygens (including phenoxy) is 1. The van der Waals surface area contributed by atoms with Gasteiger partial charge in [0.25, 0.3) is 0 Å². The molecule has 2 saturated heterocycles. The molecular weight excluding hydrogens is 453 g/mol. The minimum absolute atomic E-state index is 0.0958. The zero-order valence-corrected chi connectivity index (χ0v) is 19.3. The summed E-state index contributed by atoms with van der Waals surface area (Å²) in [7, 11) is 0. The van der Waals surface area contributed by atoms with Crippen molar-refractivity contribution in [2.75, 3.05) is 36.0 Å². The minimum Gasteiger partial charge on any atom is -0.442 e. The molecule has 0 saturated carbocycles. The second kappa shape index (κ2) is 9.69. The standard InChI is InChI=1S/C24H26FN7O3/c1-16(33)26-14-20-15-31(24(34)35-20)19-7-8-22(21(25)13-19)30-11-9-18(10-12-30)32-28-23(27-29-32)17-5-3-2-4-6-17/h2-8,13,18,20H,9-12,14-15H2,1H3,(H,26,33)/t20-/m0/s1. The Morgan fingerprint density at radius 1 is 1.17 bits per heavy atom. The molecule has 0 unspecified atom stereocenters. The fourth-order valence-corrected chi connectivity index (χ4v) is 4.44. The molecule has 11 heteroatoms. The fraction of sp³-hybridized carbons (Fsp3) is 0.375. The normalized spacial score (nSPS) is 18.6. The second-order valence-electron chi connectivity index (χ2n) is 8.71. The van der Waals surface area contributed by atoms with Gasteiger partial charge >= 0.3 is 6.09 Å². The van der Waals surface area contributed by atoms with Crippen LogP contribution in [0.25, 0.3) is 11.4 Å². The highest BCUT2D eigenvalue weighted by atomic mass is 19.1. The van der Waals surface area contributed by atoms with Gasteiger partial charge in [0, 0.05) is 25.6 Å². The number of hydrogen-bond donors (Lipinski definition) is 1. The first kappa shape index (κ1) is 22.8. The molecule has 2 fully saturated rings. The van der Waals surface area contributed by atoms with E-state index in [0.717, 1.165) is 18.4 Å². The SMILES string of the molecule is CC(=O)NC[C@H]1CN(c2ccc(N3CCC(n4nnc(-c5ccccc5)n4)CC3)c(F)c2)C(=O)O1. The number of carbonyl (C=O) groups is 2. The van der Waals surface area contributed by atoms with Crippen molar-refractivity contribution in [1.29, 1.82) is 0 Å². The maximum Gasteiger partial charge on any atom is 0.414 e. The van der Waals surface area contributed by atoms with Crippen molar-refractivity contribution in [3.63, 3.8) is 0 Å². The number of benzene rings is 2. The highest BCUT2D eigenvalue weighted by molar-refractivity contribution is 5.90. The quantitative estimate of drug-likeness (QED) is 0.580. The van der Waals surface area contributed by atoms with Gasteiger partial charge in [0.15, 0.2) is 0 Å². The minimum atomic E-state index is -0.552. The van der Waals surface area contributed by atoms with E-state index in [1.807, 2.05) is 35.2 Å². The van der Waals surface area contributed by atoms with Gasteiger partial charge in [-0.2, -0.15) is 4.80 Å². The van der Waals surface area contributed by atoms with Crippen LogP contribution in [-0.2, 0) is 9.53 Å². The van der Waals surface area contributed by atoms with Gasteiger partial charge in [-0.1, -0.05) is 30.3 Å². The van der Waals surface area contributed by atoms with Crippen LogP contribution in [0.5, 0.6) is 0 Å². The molecule has 0 spiro atoms. The molecule has 3 heterocycles. The van der Waals surface area contributed by atoms with Crippen molar-refractivity contribution < 1.29 is 18.7 Å². The lowest BCUT2D eigenvalue weighted by atomic mass is 10.0. The van der Waals surface area contributed by atoms with E-state index >= 15 is 4.39 Å². The Bertz CT molecular complexity index is 1210. The molecule has 1 aromatic heterocycles. The molecule has 2 aromatic carbocycles. The maximum atomic E-state index is 15.1. The zero-order valence-electron chi connectivity index (χ0n) is 19.3. The molecule has 0 aliphatic carbocycles. The molecule has 2 amide bonds. The molecule has 2 aliphatic heterocycles. The lowest BCUT2D eigenvalue weighted by Crippen LogP contribution is -2.36. The van der Waals surface area contributed by atoms with Crippen LogP contribution in [0, 0.1) is 5.82 Å². The van der Waals surface area contributed by atoms with E-state index in [1.165, 1.54) is 17.9 Å². The number of carbonyl (C=O) groups excluding carboxylic acids is 2. The molecule has 2 aliphatic rings. The predicted octanol–water partition coefficient (Wildman–Crippen LogP) is 2.78. The number of cyclic esters (lactones) is 1. The van der Waals surface area contributed by atoms with Crippen LogP contribution in [-0.4, -0.2) is 64.5 Å². The van der Waals surface area contributed by atoms with Gasteiger partial charge in [0.05, 0.1) is 30.5 Å². The first-order chi connectivity index (χ1) is 17.0. The van der Waals surface area contributed by atoms with Crippen LogP contribution in [0.1, 0.15) is 25.8 Å². The van der Waals surface area contributed by atoms with E-state index in [-0.39, 0.29) is 25.0 Å². The van der Waals surface area contributed by atoms with Crippen molar-refractivity contribution in [3.8, 4) is 11.4 Å². The topological polar surface area (TPSA) is 105 Å². The summed E-state index contributed by atoms with van der Waals surface area (Å²) in [5.74, 6) is -0.00590. The lowest BCUT2D eigenvalue weighted by molar-refractivity contribution is -0.119. The number of anilines is 2. The Labute approximate surface area is 201 Å². The number of rotatable bonds is 6. The summed E-state index contributed by atoms with van der Waals surface area (Å²) in [5, 5.41) is 15.6. The maximum absolute atomic E-state index is 15.1. The smallest absolute Gasteiger partial charge is 0.414 e. The van der Waals surface area contributed by atoms with Crippen molar-refractivity contribution in [2.45, 2.75) is 31.9 Å². The fourth-order valence-electron chi connectivity index (χ4n) is 4.44. The molecule has 10 nitrogen and oxygen atoms in total. The molecule has 1 atom stereocenters. The number of amides is 2. The Morgan fingerprint density at radius 2 is 1.94 bits per heavy atom. The van der Waals surface area contributed by atoms with Crippen molar-refractivity contribution in [1.82, 2.24) is 25.5 Å². The molecule has 5 rings (SSSR count). The van der Waals surface area contributed by atoms with Crippen LogP contribution in [0.15, 0.2) is 48.5 Å². The summed E-state index contributed by atoms with van der Waals surface area (Å²) in [6, 6.07) is 14.6. The van der Waals surface area contributed by atoms with Gasteiger partial charge in [0.2, 0.25) is 11.7 Å². The first-order valence-corrected chi connectivity index (χ1v) is 11.6. The van der Waals surface area contributed by atoms with Gasteiger partial charge in [-0.05, 0) is 36.3 Å². The third-order valence-electron chi connectivity index (χ3n) is 6.29. The van der Waals surface area contributed by atoms with Gasteiger partial charge in [-0.15, -0.1) is 10.2 Å². The highest BCUT2D eigenvalue weighted by Crippen LogP contribution is 2.31. The van der Waals surface area contributed by atoms with E-state index < -0.39 is 18.0 Å². The zero-order chi connectivity index (χ0) is 24.4. The Hall–Kier alpha value is -4.02. The molecule has 35 heavy (non-hydrogen) atoms. The molecule has 1 N–H and O–H groups in total. The summed E-state index contributed by atoms with van der Waals surface area (Å²) in [6.45, 7) is 3.16. The number of tetrazole rings is 1. The Morgan fingerprint density at radius 3 is 2.66 bits per heavy atom. The van der Waals surface area contributed by atoms with Crippen molar-refractivity contribution >= 4 is 23.4 Å². The molecule has 0 bridgehead atoms. The second-order valence-corrected chi connectivity index (χ2v) is 8.71. The van der Waals surface area contributed by atoms with Crippen LogP contribution >= 0.6 is 0 Å². The monoisotopic (exact) mass is 479 g/mol. The summed E-state index contributed by atoms with van der Waals surface area (Å²) < 4.78 is 20.3. The van der Waals surface area contributed by atoms with E-state index in [0.29, 0.717) is 30.3 Å². The molecule has 182 valence electrons. The summed E-state index contributed by atoms with van der Waals surface area (Å²) in [5.41, 5.74) is 1.84. The van der Waals surface area contributed by atoms with Crippen LogP contribution in [0.2, 0.25) is 0 Å². The van der Waals surface area contributed by atoms with E-state index in [9.17, 15) is 9.59 Å². The van der Waals surface area contributed by atoms with E-state index in [4.69, 9.17) is 4.74 Å². The van der Waals surface area contributed by atoms with E-state index in [2.05, 4.69) is 20.7 Å². The summed E-state index contributed by atoms with van der Waals surface area (Å²) in [4.78, 5) is 28.4. The molecular formula is C24H26FN7O3. The number of halogens is 1. The Balaban J connectivity index is 1.20. The predicted molar refractivity (Wildman–Crippen MR) is 126 cm³/mol. The van der Waals surface area contributed by atoms with Gasteiger partial charge in [-0.25, -0.2) is 9.18 Å². The average molecular weight is 480 g/mol. The summed E-state index contributed by atoms with van der Waals surface area (Å²) >= 11 is 0. The number of nitrogens with one attached hydrogen (secondary N) is 1. The van der Waals surface area contributed by atoms with E-state index in [1.54, 1.807) is 16.9 Å². The molecule has 3 aromatic rings. The largest absolute Gasteiger partial charge is 0.442 e. The average Bonchev–Trinajstić information content (AvgIpc) is 3.50. The lowest BCUT2D eigenvalue weighted by Gasteiger charge is -2.33. The van der Waals surface area contributed by atoms with Crippen LogP contribution in [0.3, 0.4) is 0 Å². The van der Waals surface area contributed by atoms with Gasteiger partial charge in [0.1, 0.15) is 11.9 Å². The van der Waals surface area contributed by atoms with Crippen LogP contribution in [0.4, 0.5) is 20.6 Å². The highest BCUT2D eigenvalue weighted by Gasteiger charge is 2.33. The van der Waals surface area contributed by atoms with Crippen molar-refractivity contribution in [3.05, 3.63) is 54.3 Å². The third kappa shape index (κ3) is 4.93. The van der Waals surface area contributed by atoms with Gasteiger partial charge in [-0.3, -0.25) is 9.69 Å². The first-order valence-electron chi connectivity index (χ1n) is 11.6. The number of piperidine rings is 1. The number of aromatic nitrogens is 4. The van der Waals surface area contributed by atoms with Crippen LogP contribution < -0.4 is 15.1 Å². The van der Waals surface area contributed by atoms with Gasteiger partial charge < -0.3 is 15.0 Å². The number of nitrogens with zero attached hydrogens (tertiary/aromatic N) is 6. The summed E-state index contributed by atoms with van der Waals surface area (Å²) in [6.07, 6.45) is 0.494. The Kier molecular flexibility index (Phi) is 6.30.